The third-order valence-electron chi connectivity index (χ3n) is 3.02. The highest BCUT2D eigenvalue weighted by Gasteiger charge is 2.14. The van der Waals surface area contributed by atoms with Crippen LogP contribution < -0.4 is 5.56 Å². The molecule has 0 unspecified atom stereocenters. The second-order valence-electron chi connectivity index (χ2n) is 4.56. The van der Waals surface area contributed by atoms with Gasteiger partial charge in [0.2, 0.25) is 0 Å². The molecule has 0 aliphatic rings. The maximum Gasteiger partial charge on any atom is 0.253 e. The fourth-order valence-corrected chi connectivity index (χ4v) is 2.27. The average molecular weight is 247 g/mol. The summed E-state index contributed by atoms with van der Waals surface area (Å²) in [6.07, 6.45) is 1.96. The van der Waals surface area contributed by atoms with Crippen molar-refractivity contribution in [1.29, 1.82) is 0 Å². The average Bonchev–Trinajstić information content (AvgIpc) is 2.55. The van der Waals surface area contributed by atoms with E-state index in [2.05, 4.69) is 5.10 Å². The van der Waals surface area contributed by atoms with Gasteiger partial charge in [-0.05, 0) is 38.0 Å². The zero-order valence-electron chi connectivity index (χ0n) is 10.9. The van der Waals surface area contributed by atoms with Crippen molar-refractivity contribution in [2.24, 2.45) is 14.1 Å². The molecule has 0 aliphatic heterocycles. The minimum absolute atomic E-state index is 0. The quantitative estimate of drug-likeness (QED) is 0.776. The van der Waals surface area contributed by atoms with Gasteiger partial charge in [-0.2, -0.15) is 5.10 Å². The SMILES string of the molecule is C.Cc1cn(C)nc1-c1c(C)cc(C)c(=O)n1C. The largest absolute Gasteiger partial charge is 0.309 e. The van der Waals surface area contributed by atoms with Crippen molar-refractivity contribution in [2.45, 2.75) is 28.2 Å². The summed E-state index contributed by atoms with van der Waals surface area (Å²) in [5.74, 6) is 0. The monoisotopic (exact) mass is 247 g/mol. The predicted octanol–water partition coefficient (Wildman–Crippen LogP) is 2.35. The zero-order valence-corrected chi connectivity index (χ0v) is 10.9. The first-order valence-corrected chi connectivity index (χ1v) is 5.59. The fourth-order valence-electron chi connectivity index (χ4n) is 2.27. The smallest absolute Gasteiger partial charge is 0.253 e. The second kappa shape index (κ2) is 4.80. The van der Waals surface area contributed by atoms with Crippen molar-refractivity contribution >= 4 is 0 Å². The van der Waals surface area contributed by atoms with E-state index in [1.54, 1.807) is 16.3 Å². The number of hydrogen-bond acceptors (Lipinski definition) is 2. The van der Waals surface area contributed by atoms with E-state index in [1.807, 2.05) is 40.1 Å². The molecule has 0 saturated carbocycles. The molecule has 0 aliphatic carbocycles. The molecule has 2 rings (SSSR count). The van der Waals surface area contributed by atoms with E-state index in [4.69, 9.17) is 0 Å². The molecule has 2 heterocycles. The molecule has 0 bridgehead atoms. The lowest BCUT2D eigenvalue weighted by atomic mass is 10.1. The normalized spacial score (nSPS) is 10.3. The van der Waals surface area contributed by atoms with Gasteiger partial charge in [0.25, 0.3) is 5.56 Å². The molecule has 0 saturated heterocycles. The Labute approximate surface area is 108 Å². The minimum atomic E-state index is 0. The van der Waals surface area contributed by atoms with Crippen molar-refractivity contribution in [3.63, 3.8) is 0 Å². The van der Waals surface area contributed by atoms with Gasteiger partial charge in [-0.1, -0.05) is 7.43 Å². The van der Waals surface area contributed by atoms with E-state index in [-0.39, 0.29) is 13.0 Å². The van der Waals surface area contributed by atoms with Crippen LogP contribution in [-0.2, 0) is 14.1 Å². The van der Waals surface area contributed by atoms with E-state index in [9.17, 15) is 4.79 Å². The topological polar surface area (TPSA) is 39.8 Å². The lowest BCUT2D eigenvalue weighted by Crippen LogP contribution is -2.22. The number of nitrogens with zero attached hydrogens (tertiary/aromatic N) is 3. The maximum absolute atomic E-state index is 12.0. The molecule has 0 fully saturated rings. The third-order valence-corrected chi connectivity index (χ3v) is 3.02. The molecule has 18 heavy (non-hydrogen) atoms. The summed E-state index contributed by atoms with van der Waals surface area (Å²) >= 11 is 0. The predicted molar refractivity (Wildman–Crippen MR) is 74.8 cm³/mol. The summed E-state index contributed by atoms with van der Waals surface area (Å²) in [6.45, 7) is 5.85. The first-order chi connectivity index (χ1) is 7.91. The van der Waals surface area contributed by atoms with Gasteiger partial charge in [-0.15, -0.1) is 0 Å². The molecular weight excluding hydrogens is 226 g/mol. The number of aromatic nitrogens is 3. The second-order valence-corrected chi connectivity index (χ2v) is 4.56. The molecule has 2 aromatic rings. The number of aryl methyl sites for hydroxylation is 4. The maximum atomic E-state index is 12.0. The van der Waals surface area contributed by atoms with Gasteiger partial charge < -0.3 is 4.57 Å². The summed E-state index contributed by atoms with van der Waals surface area (Å²) in [6, 6.07) is 1.92. The molecule has 2 aromatic heterocycles. The highest BCUT2D eigenvalue weighted by molar-refractivity contribution is 5.62. The van der Waals surface area contributed by atoms with Crippen LogP contribution in [0.25, 0.3) is 11.4 Å². The molecule has 0 aromatic carbocycles. The van der Waals surface area contributed by atoms with E-state index < -0.39 is 0 Å². The zero-order chi connectivity index (χ0) is 12.7. The molecule has 0 spiro atoms. The van der Waals surface area contributed by atoms with Crippen LogP contribution in [0.15, 0.2) is 17.1 Å². The van der Waals surface area contributed by atoms with Crippen LogP contribution in [0, 0.1) is 20.8 Å². The number of rotatable bonds is 1. The molecule has 4 nitrogen and oxygen atoms in total. The van der Waals surface area contributed by atoms with Gasteiger partial charge in [-0.25, -0.2) is 0 Å². The first kappa shape index (κ1) is 14.2. The summed E-state index contributed by atoms with van der Waals surface area (Å²) in [5, 5.41) is 4.43. The Morgan fingerprint density at radius 2 is 1.67 bits per heavy atom. The van der Waals surface area contributed by atoms with Gasteiger partial charge >= 0.3 is 0 Å². The van der Waals surface area contributed by atoms with Crippen molar-refractivity contribution < 1.29 is 0 Å². The van der Waals surface area contributed by atoms with E-state index in [0.29, 0.717) is 0 Å². The molecular formula is C14H21N3O. The van der Waals surface area contributed by atoms with Crippen LogP contribution in [-0.4, -0.2) is 14.3 Å². The highest BCUT2D eigenvalue weighted by atomic mass is 16.1. The molecule has 98 valence electrons. The Morgan fingerprint density at radius 1 is 1.06 bits per heavy atom. The number of hydrogen-bond donors (Lipinski definition) is 0. The van der Waals surface area contributed by atoms with E-state index in [0.717, 1.165) is 28.1 Å². The lowest BCUT2D eigenvalue weighted by molar-refractivity contribution is 0.762. The van der Waals surface area contributed by atoms with Crippen molar-refractivity contribution in [3.05, 3.63) is 39.3 Å². The number of pyridine rings is 1. The van der Waals surface area contributed by atoms with Gasteiger partial charge in [0.1, 0.15) is 5.69 Å². The van der Waals surface area contributed by atoms with Crippen molar-refractivity contribution in [1.82, 2.24) is 14.3 Å². The molecule has 0 atom stereocenters. The van der Waals surface area contributed by atoms with Crippen LogP contribution >= 0.6 is 0 Å². The van der Waals surface area contributed by atoms with Crippen LogP contribution in [0.5, 0.6) is 0 Å². The van der Waals surface area contributed by atoms with Gasteiger partial charge in [-0.3, -0.25) is 9.48 Å². The standard InChI is InChI=1S/C13H17N3O.CH4/c1-8-6-9(2)13(17)16(5)12(8)11-10(3)7-15(4)14-11;/h6-7H,1-5H3;1H4. The Kier molecular flexibility index (Phi) is 3.79. The van der Waals surface area contributed by atoms with Crippen LogP contribution in [0.1, 0.15) is 24.1 Å². The Hall–Kier alpha value is -1.84. The van der Waals surface area contributed by atoms with Crippen LogP contribution in [0.2, 0.25) is 0 Å². The molecule has 0 N–H and O–H groups in total. The van der Waals surface area contributed by atoms with E-state index >= 15 is 0 Å². The summed E-state index contributed by atoms with van der Waals surface area (Å²) in [5.41, 5.74) is 4.74. The fraction of sp³-hybridized carbons (Fsp3) is 0.429. The van der Waals surface area contributed by atoms with Crippen molar-refractivity contribution in [3.8, 4) is 11.4 Å². The van der Waals surface area contributed by atoms with Gasteiger partial charge in [0.15, 0.2) is 0 Å². The summed E-state index contributed by atoms with van der Waals surface area (Å²) < 4.78 is 3.45. The third kappa shape index (κ3) is 2.10. The Bertz CT molecular complexity index is 635. The molecule has 4 heteroatoms. The first-order valence-electron chi connectivity index (χ1n) is 5.59. The van der Waals surface area contributed by atoms with Gasteiger partial charge in [0.05, 0.1) is 5.69 Å². The lowest BCUT2D eigenvalue weighted by Gasteiger charge is -2.11. The van der Waals surface area contributed by atoms with E-state index in [1.165, 1.54) is 0 Å². The van der Waals surface area contributed by atoms with Crippen molar-refractivity contribution in [2.75, 3.05) is 0 Å². The Balaban J connectivity index is 0.00000162. The molecule has 0 amide bonds. The van der Waals surface area contributed by atoms with Gasteiger partial charge in [0, 0.05) is 25.9 Å². The van der Waals surface area contributed by atoms with Crippen LogP contribution in [0.4, 0.5) is 0 Å². The summed E-state index contributed by atoms with van der Waals surface area (Å²) in [7, 11) is 3.68. The van der Waals surface area contributed by atoms with Crippen LogP contribution in [0.3, 0.4) is 0 Å². The summed E-state index contributed by atoms with van der Waals surface area (Å²) in [4.78, 5) is 12.0. The minimum Gasteiger partial charge on any atom is -0.309 e. The highest BCUT2D eigenvalue weighted by Crippen LogP contribution is 2.23. The Morgan fingerprint density at radius 3 is 2.17 bits per heavy atom. The molecule has 0 radical (unpaired) electrons.